The van der Waals surface area contributed by atoms with Gasteiger partial charge in [0.05, 0.1) is 0 Å². The van der Waals surface area contributed by atoms with Crippen molar-refractivity contribution in [1.29, 1.82) is 0 Å². The van der Waals surface area contributed by atoms with Gasteiger partial charge < -0.3 is 10.6 Å². The first-order valence-corrected chi connectivity index (χ1v) is 9.41. The SMILES string of the molecule is CC.CC.CCCN(Cc1cc(CC)ccc1C)c1c(N)c(=O)c1=O. The van der Waals surface area contributed by atoms with Gasteiger partial charge in [-0.25, -0.2) is 0 Å². The highest BCUT2D eigenvalue weighted by Crippen LogP contribution is 2.22. The Balaban J connectivity index is 0.00000134. The Morgan fingerprint density at radius 3 is 2.08 bits per heavy atom. The Morgan fingerprint density at radius 1 is 1.00 bits per heavy atom. The zero-order chi connectivity index (χ0) is 19.6. The predicted octanol–water partition coefficient (Wildman–Crippen LogP) is 4.20. The molecule has 0 bridgehead atoms. The Labute approximate surface area is 152 Å². The van der Waals surface area contributed by atoms with Crippen LogP contribution in [0, 0.1) is 6.92 Å². The van der Waals surface area contributed by atoms with Gasteiger partial charge in [0.25, 0.3) is 10.9 Å². The van der Waals surface area contributed by atoms with E-state index < -0.39 is 10.9 Å². The van der Waals surface area contributed by atoms with Crippen molar-refractivity contribution in [3.8, 4) is 0 Å². The number of hydrogen-bond acceptors (Lipinski definition) is 4. The molecule has 4 heteroatoms. The maximum atomic E-state index is 11.8. The van der Waals surface area contributed by atoms with Crippen LogP contribution in [0.2, 0.25) is 0 Å². The van der Waals surface area contributed by atoms with Gasteiger partial charge in [-0.15, -0.1) is 0 Å². The van der Waals surface area contributed by atoms with Gasteiger partial charge in [-0.2, -0.15) is 0 Å². The molecular formula is C21H34N2O2. The molecule has 0 atom stereocenters. The number of anilines is 2. The van der Waals surface area contributed by atoms with Crippen LogP contribution >= 0.6 is 0 Å². The minimum atomic E-state index is -0.551. The Morgan fingerprint density at radius 2 is 1.60 bits per heavy atom. The van der Waals surface area contributed by atoms with Crippen molar-refractivity contribution in [2.24, 2.45) is 0 Å². The monoisotopic (exact) mass is 346 g/mol. The van der Waals surface area contributed by atoms with Gasteiger partial charge in [0.2, 0.25) is 0 Å². The molecule has 0 unspecified atom stereocenters. The number of nitrogen functional groups attached to an aromatic ring is 1. The van der Waals surface area contributed by atoms with Crippen molar-refractivity contribution in [3.05, 3.63) is 55.3 Å². The predicted molar refractivity (Wildman–Crippen MR) is 110 cm³/mol. The molecule has 140 valence electrons. The van der Waals surface area contributed by atoms with Crippen LogP contribution < -0.4 is 21.5 Å². The standard InChI is InChI=1S/C17H22N2O2.2C2H6/c1-4-8-19(15-14(18)16(20)17(15)21)10-13-9-12(5-2)7-6-11(13)3;2*1-2/h6-7,9H,4-5,8,10,18H2,1-3H3;2*1-2H3. The number of hydrogen-bond donors (Lipinski definition) is 1. The summed E-state index contributed by atoms with van der Waals surface area (Å²) in [5, 5.41) is 0. The largest absolute Gasteiger partial charge is 0.394 e. The summed E-state index contributed by atoms with van der Waals surface area (Å²) < 4.78 is 0. The number of benzene rings is 1. The Hall–Kier alpha value is -2.10. The second-order valence-electron chi connectivity index (χ2n) is 5.46. The lowest BCUT2D eigenvalue weighted by atomic mass is 10.0. The van der Waals surface area contributed by atoms with E-state index in [4.69, 9.17) is 5.73 Å². The van der Waals surface area contributed by atoms with E-state index in [-0.39, 0.29) is 5.69 Å². The van der Waals surface area contributed by atoms with E-state index in [2.05, 4.69) is 32.0 Å². The molecule has 0 aliphatic heterocycles. The first-order chi connectivity index (χ1) is 12.0. The second kappa shape index (κ2) is 11.5. The fourth-order valence-corrected chi connectivity index (χ4v) is 2.57. The fraction of sp³-hybridized carbons (Fsp3) is 0.524. The molecule has 2 N–H and O–H groups in total. The van der Waals surface area contributed by atoms with Crippen LogP contribution in [0.3, 0.4) is 0 Å². The number of rotatable bonds is 6. The highest BCUT2D eigenvalue weighted by Gasteiger charge is 2.23. The molecule has 0 aliphatic rings. The molecule has 0 fully saturated rings. The average molecular weight is 347 g/mol. The molecule has 0 saturated heterocycles. The molecule has 0 radical (unpaired) electrons. The summed E-state index contributed by atoms with van der Waals surface area (Å²) >= 11 is 0. The summed E-state index contributed by atoms with van der Waals surface area (Å²) in [6, 6.07) is 6.39. The van der Waals surface area contributed by atoms with E-state index in [1.165, 1.54) is 16.7 Å². The minimum absolute atomic E-state index is 0.109. The van der Waals surface area contributed by atoms with Crippen molar-refractivity contribution >= 4 is 11.4 Å². The third-order valence-corrected chi connectivity index (χ3v) is 3.91. The van der Waals surface area contributed by atoms with Crippen LogP contribution in [0.15, 0.2) is 27.8 Å². The molecule has 2 aromatic rings. The Bertz CT molecular complexity index is 713. The molecule has 0 saturated carbocycles. The highest BCUT2D eigenvalue weighted by atomic mass is 16.2. The molecule has 0 aliphatic carbocycles. The van der Waals surface area contributed by atoms with Crippen LogP contribution in [0.25, 0.3) is 0 Å². The molecule has 0 amide bonds. The van der Waals surface area contributed by atoms with Crippen molar-refractivity contribution in [2.75, 3.05) is 17.2 Å². The molecule has 2 aromatic carbocycles. The quantitative estimate of drug-likeness (QED) is 0.796. The molecule has 2 rings (SSSR count). The van der Waals surface area contributed by atoms with Crippen LogP contribution in [0.5, 0.6) is 0 Å². The second-order valence-corrected chi connectivity index (χ2v) is 5.46. The molecule has 0 spiro atoms. The Kier molecular flexibility index (Phi) is 10.5. The average Bonchev–Trinajstić information content (AvgIpc) is 2.66. The van der Waals surface area contributed by atoms with Gasteiger partial charge in [0.15, 0.2) is 0 Å². The summed E-state index contributed by atoms with van der Waals surface area (Å²) in [7, 11) is 0. The molecule has 0 heterocycles. The van der Waals surface area contributed by atoms with Crippen molar-refractivity contribution in [1.82, 2.24) is 0 Å². The minimum Gasteiger partial charge on any atom is -0.394 e. The fourth-order valence-electron chi connectivity index (χ4n) is 2.57. The maximum absolute atomic E-state index is 11.8. The van der Waals surface area contributed by atoms with E-state index in [1.807, 2.05) is 39.5 Å². The lowest BCUT2D eigenvalue weighted by Crippen LogP contribution is -2.42. The van der Waals surface area contributed by atoms with Crippen molar-refractivity contribution in [3.63, 3.8) is 0 Å². The van der Waals surface area contributed by atoms with E-state index in [0.29, 0.717) is 18.8 Å². The molecular weight excluding hydrogens is 312 g/mol. The summed E-state index contributed by atoms with van der Waals surface area (Å²) in [5.41, 5.74) is 8.83. The van der Waals surface area contributed by atoms with Gasteiger partial charge in [-0.3, -0.25) is 9.59 Å². The van der Waals surface area contributed by atoms with Gasteiger partial charge in [-0.05, 0) is 36.5 Å². The van der Waals surface area contributed by atoms with Crippen molar-refractivity contribution < 1.29 is 0 Å². The van der Waals surface area contributed by atoms with Gasteiger partial charge in [0, 0.05) is 13.1 Å². The van der Waals surface area contributed by atoms with Crippen molar-refractivity contribution in [2.45, 2.75) is 67.9 Å². The normalized spacial score (nSPS) is 9.72. The lowest BCUT2D eigenvalue weighted by molar-refractivity contribution is 0.758. The van der Waals surface area contributed by atoms with E-state index in [9.17, 15) is 9.59 Å². The smallest absolute Gasteiger partial charge is 0.253 e. The van der Waals surface area contributed by atoms with Gasteiger partial charge in [-0.1, -0.05) is 59.7 Å². The zero-order valence-electron chi connectivity index (χ0n) is 16.9. The number of nitrogens with two attached hydrogens (primary N) is 1. The first-order valence-electron chi connectivity index (χ1n) is 9.41. The molecule has 0 aromatic heterocycles. The third-order valence-electron chi connectivity index (χ3n) is 3.91. The van der Waals surface area contributed by atoms with E-state index >= 15 is 0 Å². The maximum Gasteiger partial charge on any atom is 0.253 e. The van der Waals surface area contributed by atoms with Crippen LogP contribution in [-0.2, 0) is 13.0 Å². The van der Waals surface area contributed by atoms with Crippen LogP contribution in [-0.4, -0.2) is 6.54 Å². The molecule has 4 nitrogen and oxygen atoms in total. The zero-order valence-corrected chi connectivity index (χ0v) is 16.9. The first kappa shape index (κ1) is 22.9. The number of nitrogens with zero attached hydrogens (tertiary/aromatic N) is 1. The highest BCUT2D eigenvalue weighted by molar-refractivity contribution is 5.72. The summed E-state index contributed by atoms with van der Waals surface area (Å²) in [5.74, 6) is 0. The number of aryl methyl sites for hydroxylation is 2. The summed E-state index contributed by atoms with van der Waals surface area (Å²) in [6.07, 6.45) is 1.87. The lowest BCUT2D eigenvalue weighted by Gasteiger charge is -2.27. The van der Waals surface area contributed by atoms with Crippen LogP contribution in [0.4, 0.5) is 11.4 Å². The summed E-state index contributed by atoms with van der Waals surface area (Å²) in [6.45, 7) is 15.6. The topological polar surface area (TPSA) is 63.4 Å². The van der Waals surface area contributed by atoms with Gasteiger partial charge in [0.1, 0.15) is 11.4 Å². The molecule has 25 heavy (non-hydrogen) atoms. The summed E-state index contributed by atoms with van der Waals surface area (Å²) in [4.78, 5) is 25.0. The van der Waals surface area contributed by atoms with Crippen LogP contribution in [0.1, 0.15) is 64.7 Å². The van der Waals surface area contributed by atoms with E-state index in [0.717, 1.165) is 12.8 Å². The van der Waals surface area contributed by atoms with Gasteiger partial charge >= 0.3 is 0 Å². The van der Waals surface area contributed by atoms with E-state index in [1.54, 1.807) is 0 Å². The third kappa shape index (κ3) is 5.45.